The van der Waals surface area contributed by atoms with E-state index in [0.717, 1.165) is 53.0 Å². The van der Waals surface area contributed by atoms with Crippen molar-refractivity contribution < 1.29 is 9.21 Å². The molecule has 4 heteroatoms. The van der Waals surface area contributed by atoms with E-state index in [-0.39, 0.29) is 5.91 Å². The van der Waals surface area contributed by atoms with Gasteiger partial charge in [-0.05, 0) is 82.8 Å². The average Bonchev–Trinajstić information content (AvgIpc) is 3.23. The normalized spacial score (nSPS) is 28.7. The minimum atomic E-state index is 0.134. The van der Waals surface area contributed by atoms with Gasteiger partial charge in [-0.1, -0.05) is 0 Å². The monoisotopic (exact) mass is 340 g/mol. The van der Waals surface area contributed by atoms with Crippen LogP contribution in [0.15, 0.2) is 28.7 Å². The summed E-state index contributed by atoms with van der Waals surface area (Å²) in [6.07, 6.45) is 4.89. The highest BCUT2D eigenvalue weighted by atomic mass is 16.3. The molecule has 0 N–H and O–H groups in total. The number of nitrogens with zero attached hydrogens (tertiary/aromatic N) is 2. The van der Waals surface area contributed by atoms with Gasteiger partial charge in [0.05, 0.1) is 0 Å². The molecule has 0 radical (unpaired) electrons. The van der Waals surface area contributed by atoms with Crippen LogP contribution in [0.1, 0.15) is 41.8 Å². The van der Waals surface area contributed by atoms with Crippen LogP contribution in [0, 0.1) is 18.8 Å². The zero-order valence-corrected chi connectivity index (χ0v) is 15.7. The van der Waals surface area contributed by atoms with E-state index in [1.807, 2.05) is 43.1 Å². The maximum absolute atomic E-state index is 13.0. The number of amides is 1. The second-order valence-electron chi connectivity index (χ2n) is 8.26. The predicted octanol–water partition coefficient (Wildman–Crippen LogP) is 3.93. The number of carbonyl (C=O) groups excluding carboxylic acids is 1. The zero-order chi connectivity index (χ0) is 17.7. The molecule has 4 atom stereocenters. The summed E-state index contributed by atoms with van der Waals surface area (Å²) in [6.45, 7) is 1.94. The van der Waals surface area contributed by atoms with E-state index in [2.05, 4.69) is 19.0 Å². The molecule has 2 saturated carbocycles. The summed E-state index contributed by atoms with van der Waals surface area (Å²) < 4.78 is 5.61. The molecule has 0 spiro atoms. The van der Waals surface area contributed by atoms with Crippen LogP contribution in [-0.2, 0) is 0 Å². The first kappa shape index (κ1) is 16.6. The fourth-order valence-electron chi connectivity index (χ4n) is 4.97. The Morgan fingerprint density at radius 3 is 2.28 bits per heavy atom. The maximum atomic E-state index is 13.0. The van der Waals surface area contributed by atoms with Crippen LogP contribution in [-0.4, -0.2) is 48.9 Å². The Morgan fingerprint density at radius 2 is 1.64 bits per heavy atom. The Labute approximate surface area is 149 Å². The van der Waals surface area contributed by atoms with E-state index in [9.17, 15) is 4.79 Å². The summed E-state index contributed by atoms with van der Waals surface area (Å²) in [6, 6.07) is 8.86. The van der Waals surface area contributed by atoms with Crippen molar-refractivity contribution in [3.63, 3.8) is 0 Å². The molecule has 2 aliphatic carbocycles. The lowest BCUT2D eigenvalue weighted by Gasteiger charge is -2.27. The maximum Gasteiger partial charge on any atom is 0.253 e. The molecule has 25 heavy (non-hydrogen) atoms. The number of fused-ring (bicyclic) bond motifs is 2. The fraction of sp³-hybridized carbons (Fsp3) is 0.571. The number of aryl methyl sites for hydroxylation is 1. The van der Waals surface area contributed by atoms with Gasteiger partial charge in [0.1, 0.15) is 11.3 Å². The first-order valence-electron chi connectivity index (χ1n) is 9.36. The summed E-state index contributed by atoms with van der Waals surface area (Å²) in [5, 5.41) is 1.01. The second-order valence-corrected chi connectivity index (χ2v) is 8.26. The van der Waals surface area contributed by atoms with Crippen molar-refractivity contribution in [2.45, 2.75) is 44.7 Å². The van der Waals surface area contributed by atoms with Gasteiger partial charge in [-0.2, -0.15) is 0 Å². The summed E-state index contributed by atoms with van der Waals surface area (Å²) in [5.74, 6) is 2.58. The zero-order valence-electron chi connectivity index (χ0n) is 15.7. The molecule has 134 valence electrons. The average molecular weight is 340 g/mol. The summed E-state index contributed by atoms with van der Waals surface area (Å²) in [7, 11) is 6.35. The summed E-state index contributed by atoms with van der Waals surface area (Å²) >= 11 is 0. The third-order valence-electron chi connectivity index (χ3n) is 6.45. The van der Waals surface area contributed by atoms with E-state index in [0.29, 0.717) is 6.04 Å². The first-order chi connectivity index (χ1) is 11.9. The number of furan rings is 1. The van der Waals surface area contributed by atoms with Crippen LogP contribution in [0.3, 0.4) is 0 Å². The molecule has 4 rings (SSSR count). The van der Waals surface area contributed by atoms with E-state index in [1.54, 1.807) is 0 Å². The minimum Gasteiger partial charge on any atom is -0.461 e. The van der Waals surface area contributed by atoms with E-state index in [4.69, 9.17) is 4.42 Å². The van der Waals surface area contributed by atoms with Crippen LogP contribution in [0.5, 0.6) is 0 Å². The van der Waals surface area contributed by atoms with Gasteiger partial charge < -0.3 is 14.2 Å². The van der Waals surface area contributed by atoms with Crippen LogP contribution in [0.4, 0.5) is 0 Å². The molecule has 2 aliphatic rings. The SMILES string of the molecule is Cc1cc2cc(C(=O)N(C)C3C[C@H]4CC(N(C)C)C[C@H]4C3)ccc2o1. The molecule has 1 heterocycles. The second kappa shape index (κ2) is 6.17. The van der Waals surface area contributed by atoms with E-state index < -0.39 is 0 Å². The molecular formula is C21H28N2O2. The Balaban J connectivity index is 1.46. The Hall–Kier alpha value is -1.81. The van der Waals surface area contributed by atoms with Crippen molar-refractivity contribution in [1.82, 2.24) is 9.80 Å². The molecule has 1 aromatic heterocycles. The molecule has 1 aromatic carbocycles. The smallest absolute Gasteiger partial charge is 0.253 e. The van der Waals surface area contributed by atoms with Crippen molar-refractivity contribution >= 4 is 16.9 Å². The van der Waals surface area contributed by atoms with Crippen molar-refractivity contribution in [3.05, 3.63) is 35.6 Å². The minimum absolute atomic E-state index is 0.134. The third kappa shape index (κ3) is 2.97. The fourth-order valence-corrected chi connectivity index (χ4v) is 4.97. The number of rotatable bonds is 3. The number of hydrogen-bond acceptors (Lipinski definition) is 3. The van der Waals surface area contributed by atoms with Crippen LogP contribution in [0.25, 0.3) is 11.0 Å². The van der Waals surface area contributed by atoms with Gasteiger partial charge in [-0.15, -0.1) is 0 Å². The van der Waals surface area contributed by atoms with Gasteiger partial charge >= 0.3 is 0 Å². The molecule has 0 saturated heterocycles. The molecule has 2 aromatic rings. The van der Waals surface area contributed by atoms with Gasteiger partial charge in [0.25, 0.3) is 5.91 Å². The molecule has 0 bridgehead atoms. The summed E-state index contributed by atoms with van der Waals surface area (Å²) in [5.41, 5.74) is 1.61. The van der Waals surface area contributed by atoms with Gasteiger partial charge in [0.2, 0.25) is 0 Å². The highest BCUT2D eigenvalue weighted by Crippen LogP contribution is 2.46. The van der Waals surface area contributed by atoms with Crippen molar-refractivity contribution in [2.75, 3.05) is 21.1 Å². The highest BCUT2D eigenvalue weighted by Gasteiger charge is 2.44. The number of hydrogen-bond donors (Lipinski definition) is 0. The highest BCUT2D eigenvalue weighted by molar-refractivity contribution is 5.97. The van der Waals surface area contributed by atoms with Crippen LogP contribution in [0.2, 0.25) is 0 Å². The van der Waals surface area contributed by atoms with Gasteiger partial charge in [-0.25, -0.2) is 0 Å². The number of carbonyl (C=O) groups is 1. The van der Waals surface area contributed by atoms with Gasteiger partial charge in [-0.3, -0.25) is 4.79 Å². The largest absolute Gasteiger partial charge is 0.461 e. The van der Waals surface area contributed by atoms with Crippen LogP contribution >= 0.6 is 0 Å². The van der Waals surface area contributed by atoms with Crippen LogP contribution < -0.4 is 0 Å². The van der Waals surface area contributed by atoms with Crippen molar-refractivity contribution in [3.8, 4) is 0 Å². The van der Waals surface area contributed by atoms with Crippen molar-refractivity contribution in [1.29, 1.82) is 0 Å². The topological polar surface area (TPSA) is 36.7 Å². The molecular weight excluding hydrogens is 312 g/mol. The molecule has 1 amide bonds. The Morgan fingerprint density at radius 1 is 1.00 bits per heavy atom. The lowest BCUT2D eigenvalue weighted by molar-refractivity contribution is 0.0726. The van der Waals surface area contributed by atoms with E-state index in [1.165, 1.54) is 12.8 Å². The quantitative estimate of drug-likeness (QED) is 0.849. The van der Waals surface area contributed by atoms with Gasteiger partial charge in [0, 0.05) is 30.1 Å². The van der Waals surface area contributed by atoms with E-state index >= 15 is 0 Å². The van der Waals surface area contributed by atoms with Crippen molar-refractivity contribution in [2.24, 2.45) is 11.8 Å². The molecule has 2 unspecified atom stereocenters. The summed E-state index contributed by atoms with van der Waals surface area (Å²) in [4.78, 5) is 17.3. The molecule has 0 aliphatic heterocycles. The number of benzene rings is 1. The lowest BCUT2D eigenvalue weighted by atomic mass is 10.0. The third-order valence-corrected chi connectivity index (χ3v) is 6.45. The Bertz CT molecular complexity index is 780. The standard InChI is InChI=1S/C21H28N2O2/c1-13-7-17-8-14(5-6-20(17)25-13)21(24)23(4)19-11-15-9-18(22(2)3)10-16(15)12-19/h5-8,15-16,18-19H,9-12H2,1-4H3/t15-,16+,18?,19?. The molecule has 2 fully saturated rings. The predicted molar refractivity (Wildman–Crippen MR) is 99.8 cm³/mol. The van der Waals surface area contributed by atoms with Gasteiger partial charge in [0.15, 0.2) is 0 Å². The molecule has 4 nitrogen and oxygen atoms in total. The lowest BCUT2D eigenvalue weighted by Crippen LogP contribution is -2.36. The Kier molecular flexibility index (Phi) is 4.11. The first-order valence-corrected chi connectivity index (χ1v) is 9.36.